The van der Waals surface area contributed by atoms with Crippen LogP contribution < -0.4 is 4.74 Å². The molecule has 0 N–H and O–H groups in total. The molecule has 0 aromatic heterocycles. The van der Waals surface area contributed by atoms with Crippen LogP contribution in [0.15, 0.2) is 53.4 Å². The summed E-state index contributed by atoms with van der Waals surface area (Å²) in [6.45, 7) is 0.669. The summed E-state index contributed by atoms with van der Waals surface area (Å²) in [5.41, 5.74) is 1.52. The summed E-state index contributed by atoms with van der Waals surface area (Å²) < 4.78 is 30.5. The minimum atomic E-state index is -3.74. The van der Waals surface area contributed by atoms with Gasteiger partial charge in [-0.1, -0.05) is 16.6 Å². The van der Waals surface area contributed by atoms with E-state index in [1.807, 2.05) is 29.2 Å². The van der Waals surface area contributed by atoms with Crippen molar-refractivity contribution in [3.05, 3.63) is 59.7 Å². The summed E-state index contributed by atoms with van der Waals surface area (Å²) in [4.78, 5) is 19.7. The second-order valence-electron chi connectivity index (χ2n) is 6.55. The van der Waals surface area contributed by atoms with Crippen LogP contribution in [0.25, 0.3) is 0 Å². The minimum Gasteiger partial charge on any atom is -0.497 e. The number of methoxy groups -OCH3 is 1. The van der Waals surface area contributed by atoms with E-state index in [4.69, 9.17) is 9.57 Å². The largest absolute Gasteiger partial charge is 0.497 e. The lowest BCUT2D eigenvalue weighted by Crippen LogP contribution is -2.30. The Balaban J connectivity index is 1.80. The molecule has 2 aromatic carbocycles. The second kappa shape index (κ2) is 8.30. The number of nitrogens with zero attached hydrogens (tertiary/aromatic N) is 2. The first kappa shape index (κ1) is 20.3. The Morgan fingerprint density at radius 2 is 1.71 bits per heavy atom. The van der Waals surface area contributed by atoms with Crippen LogP contribution in [-0.4, -0.2) is 51.5 Å². The molecule has 7 nitrogen and oxygen atoms in total. The average Bonchev–Trinajstić information content (AvgIpc) is 3.22. The van der Waals surface area contributed by atoms with E-state index in [0.29, 0.717) is 12.1 Å². The van der Waals surface area contributed by atoms with Crippen molar-refractivity contribution in [2.75, 3.05) is 27.8 Å². The zero-order chi connectivity index (χ0) is 20.3. The van der Waals surface area contributed by atoms with Gasteiger partial charge in [0.1, 0.15) is 5.75 Å². The van der Waals surface area contributed by atoms with E-state index >= 15 is 0 Å². The summed E-state index contributed by atoms with van der Waals surface area (Å²) >= 11 is 0. The Bertz CT molecular complexity index is 926. The molecule has 28 heavy (non-hydrogen) atoms. The fourth-order valence-corrected chi connectivity index (χ4v) is 4.34. The molecule has 0 aliphatic carbocycles. The van der Waals surface area contributed by atoms with Crippen molar-refractivity contribution in [2.45, 2.75) is 23.8 Å². The van der Waals surface area contributed by atoms with E-state index in [1.54, 1.807) is 19.2 Å². The van der Waals surface area contributed by atoms with Gasteiger partial charge in [0.25, 0.3) is 15.9 Å². The number of hydrogen-bond acceptors (Lipinski definition) is 5. The molecule has 1 aliphatic rings. The predicted octanol–water partition coefficient (Wildman–Crippen LogP) is 2.85. The number of hydroxylamine groups is 1. The van der Waals surface area contributed by atoms with Gasteiger partial charge in [-0.15, -0.1) is 0 Å². The summed E-state index contributed by atoms with van der Waals surface area (Å²) in [6.07, 6.45) is 1.82. The maximum atomic E-state index is 13.0. The number of rotatable bonds is 6. The minimum absolute atomic E-state index is 0.00133. The van der Waals surface area contributed by atoms with Gasteiger partial charge < -0.3 is 9.64 Å². The maximum Gasteiger partial charge on any atom is 0.264 e. The Morgan fingerprint density at radius 3 is 2.29 bits per heavy atom. The smallest absolute Gasteiger partial charge is 0.264 e. The van der Waals surface area contributed by atoms with Crippen LogP contribution >= 0.6 is 0 Å². The number of ether oxygens (including phenoxy) is 1. The number of sulfonamides is 1. The van der Waals surface area contributed by atoms with Gasteiger partial charge in [-0.3, -0.25) is 9.63 Å². The van der Waals surface area contributed by atoms with Crippen LogP contribution in [0.5, 0.6) is 5.75 Å². The Kier molecular flexibility index (Phi) is 6.02. The van der Waals surface area contributed by atoms with Gasteiger partial charge in [0.15, 0.2) is 0 Å². The monoisotopic (exact) mass is 404 g/mol. The number of hydrogen-bond donors (Lipinski definition) is 0. The molecule has 1 saturated heterocycles. The molecule has 0 bridgehead atoms. The number of carbonyl (C=O) groups excluding carboxylic acids is 1. The van der Waals surface area contributed by atoms with Gasteiger partial charge in [0.2, 0.25) is 0 Å². The summed E-state index contributed by atoms with van der Waals surface area (Å²) in [5.74, 6) is 0.666. The molecule has 8 heteroatoms. The Hall–Kier alpha value is -2.42. The van der Waals surface area contributed by atoms with Gasteiger partial charge >= 0.3 is 0 Å². The molecule has 2 aromatic rings. The fraction of sp³-hybridized carbons (Fsp3) is 0.350. The van der Waals surface area contributed by atoms with E-state index in [2.05, 4.69) is 0 Å². The van der Waals surface area contributed by atoms with Gasteiger partial charge in [0, 0.05) is 19.2 Å². The number of amides is 1. The molecule has 3 rings (SSSR count). The summed E-state index contributed by atoms with van der Waals surface area (Å²) in [7, 11) is 0.481. The van der Waals surface area contributed by atoms with E-state index in [0.717, 1.165) is 28.6 Å². The first-order chi connectivity index (χ1) is 13.4. The highest BCUT2D eigenvalue weighted by Crippen LogP contribution is 2.34. The number of carbonyl (C=O) groups is 1. The number of benzene rings is 2. The third kappa shape index (κ3) is 3.89. The van der Waals surface area contributed by atoms with Crippen LogP contribution in [0.2, 0.25) is 0 Å². The van der Waals surface area contributed by atoms with E-state index in [-0.39, 0.29) is 16.8 Å². The molecule has 1 aliphatic heterocycles. The van der Waals surface area contributed by atoms with Crippen LogP contribution in [-0.2, 0) is 14.9 Å². The van der Waals surface area contributed by atoms with Crippen LogP contribution in [0.3, 0.4) is 0 Å². The topological polar surface area (TPSA) is 76.2 Å². The zero-order valence-corrected chi connectivity index (χ0v) is 17.0. The maximum absolute atomic E-state index is 13.0. The lowest BCUT2D eigenvalue weighted by Gasteiger charge is -2.25. The predicted molar refractivity (Wildman–Crippen MR) is 104 cm³/mol. The van der Waals surface area contributed by atoms with E-state index in [9.17, 15) is 13.2 Å². The standard InChI is InChI=1S/C20H24N2O5S/c1-21(27-3)28(24,25)18-12-8-16(9-13-18)20(23)22-14-4-5-19(22)15-6-10-17(26-2)11-7-15/h6-13,19H,4-5,14H2,1-3H3. The van der Waals surface area contributed by atoms with Crippen molar-refractivity contribution in [3.63, 3.8) is 0 Å². The molecule has 0 saturated carbocycles. The molecule has 150 valence electrons. The van der Waals surface area contributed by atoms with Gasteiger partial charge in [0.05, 0.1) is 25.2 Å². The first-order valence-corrected chi connectivity index (χ1v) is 10.4. The van der Waals surface area contributed by atoms with Crippen molar-refractivity contribution < 1.29 is 22.8 Å². The molecule has 0 radical (unpaired) electrons. The van der Waals surface area contributed by atoms with Crippen molar-refractivity contribution in [3.8, 4) is 5.75 Å². The highest BCUT2D eigenvalue weighted by Gasteiger charge is 2.31. The highest BCUT2D eigenvalue weighted by atomic mass is 32.2. The van der Waals surface area contributed by atoms with E-state index in [1.165, 1.54) is 26.3 Å². The van der Waals surface area contributed by atoms with Crippen LogP contribution in [0.4, 0.5) is 0 Å². The first-order valence-electron chi connectivity index (χ1n) is 8.96. The Morgan fingerprint density at radius 1 is 1.07 bits per heavy atom. The molecule has 0 spiro atoms. The Labute approximate surface area is 165 Å². The normalized spacial score (nSPS) is 17.1. The summed E-state index contributed by atoms with van der Waals surface area (Å²) in [5, 5.41) is 0. The third-order valence-electron chi connectivity index (χ3n) is 5.01. The van der Waals surface area contributed by atoms with Gasteiger partial charge in [-0.25, -0.2) is 8.42 Å². The molecule has 1 heterocycles. The SMILES string of the molecule is COc1ccc(C2CCCN2C(=O)c2ccc(S(=O)(=O)N(C)OC)cc2)cc1. The second-order valence-corrected chi connectivity index (χ2v) is 8.49. The van der Waals surface area contributed by atoms with E-state index < -0.39 is 10.0 Å². The lowest BCUT2D eigenvalue weighted by atomic mass is 10.0. The molecular weight excluding hydrogens is 380 g/mol. The van der Waals surface area contributed by atoms with Crippen molar-refractivity contribution in [2.24, 2.45) is 0 Å². The molecular formula is C20H24N2O5S. The highest BCUT2D eigenvalue weighted by molar-refractivity contribution is 7.89. The van der Waals surface area contributed by atoms with Crippen molar-refractivity contribution in [1.82, 2.24) is 9.37 Å². The van der Waals surface area contributed by atoms with Gasteiger partial charge in [-0.05, 0) is 54.8 Å². The quantitative estimate of drug-likeness (QED) is 0.692. The molecule has 1 unspecified atom stereocenters. The van der Waals surface area contributed by atoms with Gasteiger partial charge in [-0.2, -0.15) is 0 Å². The molecule has 1 atom stereocenters. The fourth-order valence-electron chi connectivity index (χ4n) is 3.36. The number of likely N-dealkylation sites (tertiary alicyclic amines) is 1. The summed E-state index contributed by atoms with van der Waals surface area (Å²) in [6, 6.07) is 13.7. The van der Waals surface area contributed by atoms with Crippen molar-refractivity contribution in [1.29, 1.82) is 0 Å². The third-order valence-corrected chi connectivity index (χ3v) is 6.70. The average molecular weight is 404 g/mol. The zero-order valence-electron chi connectivity index (χ0n) is 16.2. The molecule has 1 fully saturated rings. The lowest BCUT2D eigenvalue weighted by molar-refractivity contribution is -0.0258. The molecule has 1 amide bonds. The van der Waals surface area contributed by atoms with Crippen LogP contribution in [0.1, 0.15) is 34.8 Å². The van der Waals surface area contributed by atoms with Crippen molar-refractivity contribution >= 4 is 15.9 Å². The van der Waals surface area contributed by atoms with Crippen LogP contribution in [0, 0.1) is 0 Å².